The van der Waals surface area contributed by atoms with Crippen molar-refractivity contribution in [2.24, 2.45) is 29.1 Å². The highest BCUT2D eigenvalue weighted by Gasteiger charge is 2.53. The lowest BCUT2D eigenvalue weighted by Crippen LogP contribution is -2.58. The fourth-order valence-corrected chi connectivity index (χ4v) is 6.63. The van der Waals surface area contributed by atoms with Crippen LogP contribution in [0.3, 0.4) is 0 Å². The predicted molar refractivity (Wildman–Crippen MR) is 140 cm³/mol. The molecular weight excluding hydrogens is 452 g/mol. The van der Waals surface area contributed by atoms with E-state index < -0.39 is 6.10 Å². The van der Waals surface area contributed by atoms with Crippen LogP contribution in [0.25, 0.3) is 0 Å². The maximum atomic E-state index is 13.0. The smallest absolute Gasteiger partial charge is 0.251 e. The van der Waals surface area contributed by atoms with Crippen molar-refractivity contribution in [3.05, 3.63) is 65.7 Å². The summed E-state index contributed by atoms with van der Waals surface area (Å²) in [7, 11) is 1.60. The molecule has 2 amide bonds. The molecule has 2 saturated carbocycles. The highest BCUT2D eigenvalue weighted by molar-refractivity contribution is 5.94. The second kappa shape index (κ2) is 11.0. The molecule has 2 aromatic rings. The molecule has 0 heterocycles. The van der Waals surface area contributed by atoms with E-state index in [2.05, 4.69) is 24.5 Å². The van der Waals surface area contributed by atoms with Crippen molar-refractivity contribution in [2.45, 2.75) is 65.1 Å². The van der Waals surface area contributed by atoms with Gasteiger partial charge in [-0.15, -0.1) is 0 Å². The van der Waals surface area contributed by atoms with E-state index in [-0.39, 0.29) is 46.9 Å². The fraction of sp³-hybridized carbons (Fsp3) is 0.533. The Kier molecular flexibility index (Phi) is 8.04. The minimum atomic E-state index is -0.586. The van der Waals surface area contributed by atoms with Crippen LogP contribution in [-0.4, -0.2) is 36.2 Å². The topological polar surface area (TPSA) is 87.7 Å². The molecule has 2 aliphatic rings. The fourth-order valence-electron chi connectivity index (χ4n) is 6.63. The van der Waals surface area contributed by atoms with Gasteiger partial charge in [0.2, 0.25) is 5.91 Å². The zero-order chi connectivity index (χ0) is 25.9. The quantitative estimate of drug-likeness (QED) is 0.528. The SMILES string of the molecule is COc1ccc(C(=O)N[C@H]2CC[C@]3(C)CCC([C@H](C)C(=O)NCc4ccccc4)[C@H](O)[C@H]3[C@@H]2C)cc1. The van der Waals surface area contributed by atoms with E-state index in [4.69, 9.17) is 4.74 Å². The monoisotopic (exact) mass is 492 g/mol. The molecular formula is C30H40N2O4. The van der Waals surface area contributed by atoms with E-state index >= 15 is 0 Å². The molecule has 0 aromatic heterocycles. The summed E-state index contributed by atoms with van der Waals surface area (Å²) in [6, 6.07) is 17.0. The normalized spacial score (nSPS) is 30.5. The third-order valence-electron chi connectivity index (χ3n) is 8.92. The van der Waals surface area contributed by atoms with E-state index in [0.717, 1.165) is 31.2 Å². The van der Waals surface area contributed by atoms with Gasteiger partial charge in [0.1, 0.15) is 5.75 Å². The molecule has 0 bridgehead atoms. The summed E-state index contributed by atoms with van der Waals surface area (Å²) in [4.78, 5) is 26.0. The van der Waals surface area contributed by atoms with Gasteiger partial charge in [-0.2, -0.15) is 0 Å². The Labute approximate surface area is 214 Å². The Morgan fingerprint density at radius 3 is 2.42 bits per heavy atom. The molecule has 1 unspecified atom stereocenters. The van der Waals surface area contributed by atoms with Crippen LogP contribution >= 0.6 is 0 Å². The molecule has 6 nitrogen and oxygen atoms in total. The molecule has 7 atom stereocenters. The first-order valence-corrected chi connectivity index (χ1v) is 13.2. The van der Waals surface area contributed by atoms with Gasteiger partial charge < -0.3 is 20.5 Å². The molecule has 194 valence electrons. The minimum Gasteiger partial charge on any atom is -0.497 e. The van der Waals surface area contributed by atoms with Crippen molar-refractivity contribution >= 4 is 11.8 Å². The molecule has 3 N–H and O–H groups in total. The predicted octanol–water partition coefficient (Wildman–Crippen LogP) is 4.57. The number of aliphatic hydroxyl groups is 1. The van der Waals surface area contributed by atoms with Gasteiger partial charge >= 0.3 is 0 Å². The Hall–Kier alpha value is -2.86. The number of benzene rings is 2. The second-order valence-corrected chi connectivity index (χ2v) is 11.1. The van der Waals surface area contributed by atoms with Crippen LogP contribution in [0.1, 0.15) is 62.4 Å². The third-order valence-corrected chi connectivity index (χ3v) is 8.92. The average molecular weight is 493 g/mol. The number of fused-ring (bicyclic) bond motifs is 1. The number of carbonyl (C=O) groups excluding carboxylic acids is 2. The number of nitrogens with one attached hydrogen (secondary N) is 2. The molecule has 2 aliphatic carbocycles. The number of carbonyl (C=O) groups is 2. The van der Waals surface area contributed by atoms with Crippen molar-refractivity contribution in [3.8, 4) is 5.75 Å². The second-order valence-electron chi connectivity index (χ2n) is 11.1. The first kappa shape index (κ1) is 26.2. The number of rotatable bonds is 7. The average Bonchev–Trinajstić information content (AvgIpc) is 2.89. The number of methoxy groups -OCH3 is 1. The number of hydrogen-bond donors (Lipinski definition) is 3. The van der Waals surface area contributed by atoms with Crippen LogP contribution in [0, 0.1) is 29.1 Å². The lowest BCUT2D eigenvalue weighted by atomic mass is 9.51. The summed E-state index contributed by atoms with van der Waals surface area (Å²) in [5.74, 6) is 0.338. The van der Waals surface area contributed by atoms with E-state index in [9.17, 15) is 14.7 Å². The first-order chi connectivity index (χ1) is 17.2. The molecule has 2 fully saturated rings. The van der Waals surface area contributed by atoms with Crippen molar-refractivity contribution in [2.75, 3.05) is 7.11 Å². The van der Waals surface area contributed by atoms with Crippen molar-refractivity contribution < 1.29 is 19.4 Å². The van der Waals surface area contributed by atoms with Gasteiger partial charge in [-0.3, -0.25) is 9.59 Å². The van der Waals surface area contributed by atoms with Crippen molar-refractivity contribution in [3.63, 3.8) is 0 Å². The summed E-state index contributed by atoms with van der Waals surface area (Å²) in [5, 5.41) is 17.9. The Morgan fingerprint density at radius 2 is 1.75 bits per heavy atom. The largest absolute Gasteiger partial charge is 0.497 e. The lowest BCUT2D eigenvalue weighted by Gasteiger charge is -2.56. The molecule has 6 heteroatoms. The van der Waals surface area contributed by atoms with Gasteiger partial charge in [-0.05, 0) is 78.7 Å². The highest BCUT2D eigenvalue weighted by atomic mass is 16.5. The molecule has 0 spiro atoms. The first-order valence-electron chi connectivity index (χ1n) is 13.2. The number of ether oxygens (including phenoxy) is 1. The van der Waals surface area contributed by atoms with E-state index in [1.165, 1.54) is 0 Å². The van der Waals surface area contributed by atoms with Gasteiger partial charge in [0.15, 0.2) is 0 Å². The molecule has 0 saturated heterocycles. The van der Waals surface area contributed by atoms with Crippen LogP contribution in [0.5, 0.6) is 5.75 Å². The number of amides is 2. The van der Waals surface area contributed by atoms with E-state index in [1.807, 2.05) is 37.3 Å². The third kappa shape index (κ3) is 5.44. The summed E-state index contributed by atoms with van der Waals surface area (Å²) in [6.07, 6.45) is 3.08. The van der Waals surface area contributed by atoms with Gasteiger partial charge in [0, 0.05) is 24.1 Å². The van der Waals surface area contributed by atoms with Crippen LogP contribution < -0.4 is 15.4 Å². The van der Waals surface area contributed by atoms with Crippen molar-refractivity contribution in [1.29, 1.82) is 0 Å². The Bertz CT molecular complexity index is 1040. The van der Waals surface area contributed by atoms with Crippen molar-refractivity contribution in [1.82, 2.24) is 10.6 Å². The van der Waals surface area contributed by atoms with Gasteiger partial charge in [-0.25, -0.2) is 0 Å². The number of aliphatic hydroxyl groups excluding tert-OH is 1. The summed E-state index contributed by atoms with van der Waals surface area (Å²) in [5.41, 5.74) is 1.67. The summed E-state index contributed by atoms with van der Waals surface area (Å²) >= 11 is 0. The standard InChI is InChI=1S/C30H40N2O4/c1-19(28(34)31-18-21-8-6-5-7-9-21)24-14-16-30(3)17-15-25(20(2)26(30)27(24)33)32-29(35)22-10-12-23(36-4)13-11-22/h5-13,19-20,24-27,33H,14-18H2,1-4H3,(H,31,34)(H,32,35)/t19-,20+,24?,25-,26+,27-,30-/m0/s1. The molecule has 2 aromatic carbocycles. The van der Waals surface area contributed by atoms with E-state index in [0.29, 0.717) is 17.9 Å². The molecule has 4 rings (SSSR count). The maximum absolute atomic E-state index is 13.0. The van der Waals surface area contributed by atoms with Gasteiger partial charge in [0.25, 0.3) is 5.91 Å². The summed E-state index contributed by atoms with van der Waals surface area (Å²) in [6.45, 7) is 6.85. The zero-order valence-electron chi connectivity index (χ0n) is 21.9. The molecule has 0 radical (unpaired) electrons. The molecule has 36 heavy (non-hydrogen) atoms. The Balaban J connectivity index is 1.41. The molecule has 0 aliphatic heterocycles. The Morgan fingerprint density at radius 1 is 1.08 bits per heavy atom. The zero-order valence-corrected chi connectivity index (χ0v) is 21.9. The van der Waals surface area contributed by atoms with Gasteiger partial charge in [-0.1, -0.05) is 51.1 Å². The maximum Gasteiger partial charge on any atom is 0.251 e. The van der Waals surface area contributed by atoms with E-state index in [1.54, 1.807) is 31.4 Å². The van der Waals surface area contributed by atoms with Gasteiger partial charge in [0.05, 0.1) is 13.2 Å². The number of hydrogen-bond acceptors (Lipinski definition) is 4. The van der Waals surface area contributed by atoms with Crippen LogP contribution in [0.4, 0.5) is 0 Å². The minimum absolute atomic E-state index is 0.0108. The highest BCUT2D eigenvalue weighted by Crippen LogP contribution is 2.55. The van der Waals surface area contributed by atoms with Crippen LogP contribution in [0.2, 0.25) is 0 Å². The lowest BCUT2D eigenvalue weighted by molar-refractivity contribution is -0.142. The summed E-state index contributed by atoms with van der Waals surface area (Å²) < 4.78 is 5.19. The van der Waals surface area contributed by atoms with Crippen LogP contribution in [-0.2, 0) is 11.3 Å². The van der Waals surface area contributed by atoms with Crippen LogP contribution in [0.15, 0.2) is 54.6 Å².